The van der Waals surface area contributed by atoms with E-state index in [2.05, 4.69) is 5.32 Å². The van der Waals surface area contributed by atoms with Crippen molar-refractivity contribution in [2.24, 2.45) is 0 Å². The summed E-state index contributed by atoms with van der Waals surface area (Å²) in [5.74, 6) is -7.06. The van der Waals surface area contributed by atoms with E-state index in [1.807, 2.05) is 0 Å². The van der Waals surface area contributed by atoms with E-state index in [1.165, 1.54) is 6.92 Å². The number of alkyl halides is 9. The Morgan fingerprint density at radius 2 is 1.61 bits per heavy atom. The summed E-state index contributed by atoms with van der Waals surface area (Å²) in [5, 5.41) is 1.79. The molecule has 0 aliphatic heterocycles. The van der Waals surface area contributed by atoms with Gasteiger partial charge in [0.2, 0.25) is 0 Å². The van der Waals surface area contributed by atoms with Crippen LogP contribution in [0.1, 0.15) is 39.9 Å². The SMILES string of the molecule is C[C@H](CSCC(F)(F)F)NC(=O)c1ccc(/C(F)=C/C(c2ccc(Cl)c(Cl)c2)C(F)(F)F)cc1C(F)(F)F. The van der Waals surface area contributed by atoms with Gasteiger partial charge in [0.1, 0.15) is 11.7 Å². The molecule has 0 spiro atoms. The van der Waals surface area contributed by atoms with Crippen molar-refractivity contribution in [3.8, 4) is 0 Å². The number of amides is 1. The molecule has 1 unspecified atom stereocenters. The molecule has 0 saturated heterocycles. The second-order valence-corrected chi connectivity index (χ2v) is 9.82. The minimum Gasteiger partial charge on any atom is -0.349 e. The Morgan fingerprint density at radius 3 is 2.13 bits per heavy atom. The number of nitrogens with one attached hydrogen (secondary N) is 1. The van der Waals surface area contributed by atoms with Gasteiger partial charge in [-0.1, -0.05) is 35.3 Å². The zero-order chi connectivity index (χ0) is 29.1. The van der Waals surface area contributed by atoms with Gasteiger partial charge >= 0.3 is 18.5 Å². The van der Waals surface area contributed by atoms with E-state index in [4.69, 9.17) is 23.2 Å². The number of halogens is 12. The van der Waals surface area contributed by atoms with Crippen LogP contribution in [0.25, 0.3) is 5.83 Å². The zero-order valence-corrected chi connectivity index (χ0v) is 21.3. The number of benzene rings is 2. The fourth-order valence-electron chi connectivity index (χ4n) is 3.15. The summed E-state index contributed by atoms with van der Waals surface area (Å²) < 4.78 is 134. The normalized spacial score (nSPS) is 14.8. The molecule has 0 heterocycles. The molecule has 2 aromatic carbocycles. The molecule has 2 nitrogen and oxygen atoms in total. The molecular weight excluding hydrogens is 599 g/mol. The van der Waals surface area contributed by atoms with Gasteiger partial charge in [0.25, 0.3) is 5.91 Å². The molecule has 2 atom stereocenters. The average molecular weight is 616 g/mol. The third-order valence-corrected chi connectivity index (χ3v) is 6.83. The van der Waals surface area contributed by atoms with Gasteiger partial charge in [-0.05, 0) is 42.8 Å². The minimum absolute atomic E-state index is 0.0642. The number of allylic oxidation sites excluding steroid dienone is 1. The van der Waals surface area contributed by atoms with Crippen LogP contribution in [0.2, 0.25) is 10.0 Å². The maximum absolute atomic E-state index is 14.9. The van der Waals surface area contributed by atoms with Crippen molar-refractivity contribution < 1.29 is 48.7 Å². The van der Waals surface area contributed by atoms with E-state index in [0.717, 1.165) is 18.2 Å². The highest BCUT2D eigenvalue weighted by Crippen LogP contribution is 2.41. The van der Waals surface area contributed by atoms with Crippen LogP contribution in [0.4, 0.5) is 43.9 Å². The molecule has 15 heteroatoms. The average Bonchev–Trinajstić information content (AvgIpc) is 2.76. The van der Waals surface area contributed by atoms with Crippen LogP contribution < -0.4 is 5.32 Å². The third kappa shape index (κ3) is 9.26. The highest BCUT2D eigenvalue weighted by molar-refractivity contribution is 7.99. The Morgan fingerprint density at radius 1 is 0.974 bits per heavy atom. The molecule has 210 valence electrons. The zero-order valence-electron chi connectivity index (χ0n) is 19.0. The van der Waals surface area contributed by atoms with Gasteiger partial charge in [0, 0.05) is 17.4 Å². The molecule has 1 N–H and O–H groups in total. The Kier molecular flexibility index (Phi) is 10.5. The maximum Gasteiger partial charge on any atom is 0.417 e. The van der Waals surface area contributed by atoms with Gasteiger partial charge in [-0.2, -0.15) is 51.3 Å². The lowest BCUT2D eigenvalue weighted by atomic mass is 9.95. The lowest BCUT2D eigenvalue weighted by Crippen LogP contribution is -2.35. The molecule has 0 saturated carbocycles. The Bertz CT molecular complexity index is 1180. The molecule has 0 aliphatic rings. The summed E-state index contributed by atoms with van der Waals surface area (Å²) in [6.07, 6.45) is -14.7. The van der Waals surface area contributed by atoms with Crippen LogP contribution in [0.15, 0.2) is 42.5 Å². The Balaban J connectivity index is 2.38. The van der Waals surface area contributed by atoms with Crippen molar-refractivity contribution >= 4 is 46.7 Å². The van der Waals surface area contributed by atoms with E-state index < -0.39 is 70.2 Å². The standard InChI is InChI=1S/C23H17Cl2F10NOS/c1-11(9-38-10-21(27,28)29)36-20(37)14-4-2-13(6-16(14)23(33,34)35)19(26)8-15(22(30,31)32)12-3-5-17(24)18(25)7-12/h2-8,11,15H,9-10H2,1H3,(H,36,37)/b19-8-/t11-,15?/m1/s1. The first kappa shape index (κ1) is 32.1. The molecule has 0 aliphatic carbocycles. The molecular formula is C23H17Cl2F10NOS. The van der Waals surface area contributed by atoms with Crippen LogP contribution in [0.5, 0.6) is 0 Å². The highest BCUT2D eigenvalue weighted by Gasteiger charge is 2.41. The number of carbonyl (C=O) groups excluding carboxylic acids is 1. The van der Waals surface area contributed by atoms with Crippen molar-refractivity contribution in [1.82, 2.24) is 5.32 Å². The summed E-state index contributed by atoms with van der Waals surface area (Å²) in [7, 11) is 0. The fraction of sp³-hybridized carbons (Fsp3) is 0.348. The molecule has 1 amide bonds. The topological polar surface area (TPSA) is 29.1 Å². The largest absolute Gasteiger partial charge is 0.417 e. The van der Waals surface area contributed by atoms with E-state index in [0.29, 0.717) is 23.9 Å². The molecule has 0 fully saturated rings. The summed E-state index contributed by atoms with van der Waals surface area (Å²) in [4.78, 5) is 12.4. The predicted octanol–water partition coefficient (Wildman–Crippen LogP) is 9.08. The molecule has 0 radical (unpaired) electrons. The highest BCUT2D eigenvalue weighted by atomic mass is 35.5. The molecule has 2 aromatic rings. The van der Waals surface area contributed by atoms with Crippen LogP contribution in [-0.2, 0) is 6.18 Å². The van der Waals surface area contributed by atoms with Gasteiger partial charge in [0.05, 0.1) is 26.9 Å². The first-order valence-electron chi connectivity index (χ1n) is 10.4. The number of hydrogen-bond donors (Lipinski definition) is 1. The van der Waals surface area contributed by atoms with Crippen LogP contribution >= 0.6 is 35.0 Å². The van der Waals surface area contributed by atoms with Gasteiger partial charge in [-0.15, -0.1) is 0 Å². The summed E-state index contributed by atoms with van der Waals surface area (Å²) in [6.45, 7) is 1.27. The first-order chi connectivity index (χ1) is 17.3. The van der Waals surface area contributed by atoms with E-state index >= 15 is 0 Å². The third-order valence-electron chi connectivity index (χ3n) is 4.82. The second kappa shape index (κ2) is 12.4. The van der Waals surface area contributed by atoms with Gasteiger partial charge < -0.3 is 5.32 Å². The lowest BCUT2D eigenvalue weighted by Gasteiger charge is -2.19. The Labute approximate surface area is 224 Å². The predicted molar refractivity (Wildman–Crippen MR) is 126 cm³/mol. The van der Waals surface area contributed by atoms with Crippen LogP contribution in [0.3, 0.4) is 0 Å². The Hall–Kier alpha value is -2.12. The molecule has 38 heavy (non-hydrogen) atoms. The fourth-order valence-corrected chi connectivity index (χ4v) is 4.24. The van der Waals surface area contributed by atoms with E-state index in [1.54, 1.807) is 0 Å². The minimum atomic E-state index is -5.22. The molecule has 0 bridgehead atoms. The summed E-state index contributed by atoms with van der Waals surface area (Å²) >= 11 is 11.8. The van der Waals surface area contributed by atoms with E-state index in [9.17, 15) is 48.7 Å². The van der Waals surface area contributed by atoms with Crippen molar-refractivity contribution in [2.45, 2.75) is 37.4 Å². The van der Waals surface area contributed by atoms with Crippen molar-refractivity contribution in [1.29, 1.82) is 0 Å². The van der Waals surface area contributed by atoms with Crippen molar-refractivity contribution in [3.05, 3.63) is 74.8 Å². The summed E-state index contributed by atoms with van der Waals surface area (Å²) in [5.41, 5.74) is -4.05. The van der Waals surface area contributed by atoms with Crippen LogP contribution in [-0.4, -0.2) is 35.8 Å². The van der Waals surface area contributed by atoms with Gasteiger partial charge in [-0.25, -0.2) is 4.39 Å². The van der Waals surface area contributed by atoms with Gasteiger partial charge in [-0.3, -0.25) is 4.79 Å². The monoisotopic (exact) mass is 615 g/mol. The van der Waals surface area contributed by atoms with E-state index in [-0.39, 0.29) is 27.9 Å². The van der Waals surface area contributed by atoms with Crippen LogP contribution in [0, 0.1) is 0 Å². The molecule has 0 aromatic heterocycles. The maximum atomic E-state index is 14.9. The molecule has 2 rings (SSSR count). The van der Waals surface area contributed by atoms with Crippen molar-refractivity contribution in [3.63, 3.8) is 0 Å². The number of rotatable bonds is 8. The second-order valence-electron chi connectivity index (χ2n) is 7.97. The smallest absolute Gasteiger partial charge is 0.349 e. The van der Waals surface area contributed by atoms with Gasteiger partial charge in [0.15, 0.2) is 0 Å². The number of carbonyl (C=O) groups is 1. The number of thioether (sulfide) groups is 1. The summed E-state index contributed by atoms with van der Waals surface area (Å²) in [6, 6.07) is 3.27. The first-order valence-corrected chi connectivity index (χ1v) is 12.3. The quantitative estimate of drug-likeness (QED) is 0.300. The lowest BCUT2D eigenvalue weighted by molar-refractivity contribution is -0.140. The number of hydrogen-bond acceptors (Lipinski definition) is 2. The van der Waals surface area contributed by atoms with Crippen molar-refractivity contribution in [2.75, 3.05) is 11.5 Å².